The van der Waals surface area contributed by atoms with E-state index in [-0.39, 0.29) is 43.8 Å². The Morgan fingerprint density at radius 2 is 1.04 bits per heavy atom. The molecule has 1 aliphatic rings. The first-order valence-corrected chi connectivity index (χ1v) is 15.8. The summed E-state index contributed by atoms with van der Waals surface area (Å²) in [6.07, 6.45) is 2.99. The van der Waals surface area contributed by atoms with Crippen LogP contribution in [0.5, 0.6) is 17.2 Å². The van der Waals surface area contributed by atoms with Crippen LogP contribution in [0.4, 0.5) is 0 Å². The number of hydrogen-bond acceptors (Lipinski definition) is 12. The highest BCUT2D eigenvalue weighted by atomic mass is 16.7. The molecule has 0 saturated heterocycles. The van der Waals surface area contributed by atoms with E-state index in [1.165, 1.54) is 0 Å². The van der Waals surface area contributed by atoms with Gasteiger partial charge in [0.2, 0.25) is 0 Å². The second-order valence-corrected chi connectivity index (χ2v) is 10.6. The lowest BCUT2D eigenvalue weighted by atomic mass is 9.82. The first kappa shape index (κ1) is 37.4. The number of hydrogen-bond donors (Lipinski definition) is 1. The molecule has 2 aromatic carbocycles. The van der Waals surface area contributed by atoms with E-state index >= 15 is 0 Å². The fourth-order valence-electron chi connectivity index (χ4n) is 4.63. The maximum atomic E-state index is 12.8. The zero-order valence-corrected chi connectivity index (χ0v) is 26.7. The summed E-state index contributed by atoms with van der Waals surface area (Å²) in [6.45, 7) is 4.69. The second kappa shape index (κ2) is 23.3. The fraction of sp³-hybridized carbons (Fsp3) is 0.588. The molecule has 0 amide bonds. The normalized spacial score (nSPS) is 16.2. The minimum absolute atomic E-state index is 0.0296. The van der Waals surface area contributed by atoms with Crippen molar-refractivity contribution in [3.8, 4) is 17.2 Å². The molecule has 1 saturated carbocycles. The van der Waals surface area contributed by atoms with Gasteiger partial charge in [-0.2, -0.15) is 0 Å². The Morgan fingerprint density at radius 3 is 1.61 bits per heavy atom. The molecular weight excluding hydrogens is 600 g/mol. The van der Waals surface area contributed by atoms with Crippen molar-refractivity contribution in [2.24, 2.45) is 11.8 Å². The molecular formula is C34H48O12. The van der Waals surface area contributed by atoms with Gasteiger partial charge >= 0.3 is 11.9 Å². The number of benzene rings is 2. The molecule has 1 fully saturated rings. The van der Waals surface area contributed by atoms with Gasteiger partial charge in [0.15, 0.2) is 0 Å². The van der Waals surface area contributed by atoms with Crippen molar-refractivity contribution >= 4 is 11.9 Å². The monoisotopic (exact) mass is 648 g/mol. The van der Waals surface area contributed by atoms with Gasteiger partial charge in [-0.3, -0.25) is 9.59 Å². The lowest BCUT2D eigenvalue weighted by molar-refractivity contribution is -0.145. The molecule has 0 spiro atoms. The molecule has 12 nitrogen and oxygen atoms in total. The SMILES string of the molecule is COCCOCCOCCOc1ccc(OC(=O)[C@H]2CC[C@H](C(=O)Oc3ccc(CCOCCOCOCCO)cc3)CC2)cc1. The average molecular weight is 649 g/mol. The van der Waals surface area contributed by atoms with Crippen LogP contribution in [0, 0.1) is 11.8 Å². The van der Waals surface area contributed by atoms with E-state index in [4.69, 9.17) is 47.7 Å². The van der Waals surface area contributed by atoms with Gasteiger partial charge in [-0.15, -0.1) is 0 Å². The molecule has 0 unspecified atom stereocenters. The largest absolute Gasteiger partial charge is 0.491 e. The lowest BCUT2D eigenvalue weighted by Crippen LogP contribution is -2.30. The molecule has 0 aromatic heterocycles. The molecule has 0 heterocycles. The highest BCUT2D eigenvalue weighted by molar-refractivity contribution is 5.77. The van der Waals surface area contributed by atoms with E-state index in [0.29, 0.717) is 102 Å². The Labute approximate surface area is 271 Å². The number of aliphatic hydroxyl groups excluding tert-OH is 1. The summed E-state index contributed by atoms with van der Waals surface area (Å²) in [5.41, 5.74) is 1.06. The Hall–Kier alpha value is -3.10. The second-order valence-electron chi connectivity index (χ2n) is 10.6. The maximum absolute atomic E-state index is 12.8. The molecule has 12 heteroatoms. The van der Waals surface area contributed by atoms with Gasteiger partial charge in [0.05, 0.1) is 77.9 Å². The average Bonchev–Trinajstić information content (AvgIpc) is 3.08. The highest BCUT2D eigenvalue weighted by Crippen LogP contribution is 2.31. The van der Waals surface area contributed by atoms with Gasteiger partial charge in [0.1, 0.15) is 30.6 Å². The van der Waals surface area contributed by atoms with Gasteiger partial charge in [-0.1, -0.05) is 12.1 Å². The number of aliphatic hydroxyl groups is 1. The summed E-state index contributed by atoms with van der Waals surface area (Å²) in [5, 5.41) is 8.63. The third kappa shape index (κ3) is 15.5. The number of carbonyl (C=O) groups excluding carboxylic acids is 2. The maximum Gasteiger partial charge on any atom is 0.314 e. The van der Waals surface area contributed by atoms with E-state index in [2.05, 4.69) is 0 Å². The molecule has 256 valence electrons. The minimum Gasteiger partial charge on any atom is -0.491 e. The Morgan fingerprint density at radius 1 is 0.587 bits per heavy atom. The summed E-state index contributed by atoms with van der Waals surface area (Å²) in [4.78, 5) is 25.5. The molecule has 3 rings (SSSR count). The topological polar surface area (TPSA) is 137 Å². The van der Waals surface area contributed by atoms with Crippen molar-refractivity contribution in [1.82, 2.24) is 0 Å². The van der Waals surface area contributed by atoms with Crippen molar-refractivity contribution in [2.45, 2.75) is 32.1 Å². The smallest absolute Gasteiger partial charge is 0.314 e. The van der Waals surface area contributed by atoms with E-state index < -0.39 is 0 Å². The van der Waals surface area contributed by atoms with Crippen LogP contribution in [0.1, 0.15) is 31.2 Å². The molecule has 0 atom stereocenters. The van der Waals surface area contributed by atoms with Crippen molar-refractivity contribution < 1.29 is 57.3 Å². The van der Waals surface area contributed by atoms with Crippen LogP contribution in [0.25, 0.3) is 0 Å². The summed E-state index contributed by atoms with van der Waals surface area (Å²) < 4.78 is 48.3. The van der Waals surface area contributed by atoms with Crippen LogP contribution in [-0.4, -0.2) is 104 Å². The van der Waals surface area contributed by atoms with Crippen molar-refractivity contribution in [3.63, 3.8) is 0 Å². The summed E-state index contributed by atoms with van der Waals surface area (Å²) in [6, 6.07) is 14.3. The Bertz CT molecular complexity index is 997. The van der Waals surface area contributed by atoms with Gasteiger partial charge in [-0.05, 0) is 74.1 Å². The first-order valence-electron chi connectivity index (χ1n) is 15.8. The minimum atomic E-state index is -0.291. The number of ether oxygens (including phenoxy) is 9. The van der Waals surface area contributed by atoms with Crippen molar-refractivity contribution in [3.05, 3.63) is 54.1 Å². The Balaban J connectivity index is 1.25. The van der Waals surface area contributed by atoms with Gasteiger partial charge in [-0.25, -0.2) is 0 Å². The number of carbonyl (C=O) groups is 2. The van der Waals surface area contributed by atoms with Crippen LogP contribution in [0.2, 0.25) is 0 Å². The number of rotatable bonds is 24. The van der Waals surface area contributed by atoms with Gasteiger partial charge < -0.3 is 47.7 Å². The van der Waals surface area contributed by atoms with E-state index in [1.54, 1.807) is 43.5 Å². The third-order valence-electron chi connectivity index (χ3n) is 7.19. The molecule has 0 radical (unpaired) electrons. The third-order valence-corrected chi connectivity index (χ3v) is 7.19. The van der Waals surface area contributed by atoms with Crippen molar-refractivity contribution in [1.29, 1.82) is 0 Å². The summed E-state index contributed by atoms with van der Waals surface area (Å²) in [5.74, 6) is 0.522. The molecule has 46 heavy (non-hydrogen) atoms. The van der Waals surface area contributed by atoms with E-state index in [0.717, 1.165) is 12.0 Å². The lowest BCUT2D eigenvalue weighted by Gasteiger charge is -2.25. The quantitative estimate of drug-likeness (QED) is 0.0771. The predicted molar refractivity (Wildman–Crippen MR) is 167 cm³/mol. The number of methoxy groups -OCH3 is 1. The van der Waals surface area contributed by atoms with Gasteiger partial charge in [0, 0.05) is 7.11 Å². The summed E-state index contributed by atoms with van der Waals surface area (Å²) >= 11 is 0. The highest BCUT2D eigenvalue weighted by Gasteiger charge is 2.32. The summed E-state index contributed by atoms with van der Waals surface area (Å²) in [7, 11) is 1.63. The van der Waals surface area contributed by atoms with Crippen LogP contribution in [-0.2, 0) is 44.4 Å². The fourth-order valence-corrected chi connectivity index (χ4v) is 4.63. The van der Waals surface area contributed by atoms with Crippen molar-refractivity contribution in [2.75, 3.05) is 86.6 Å². The molecule has 1 N–H and O–H groups in total. The van der Waals surface area contributed by atoms with Gasteiger partial charge in [0.25, 0.3) is 0 Å². The molecule has 2 aromatic rings. The van der Waals surface area contributed by atoms with Crippen LogP contribution >= 0.6 is 0 Å². The van der Waals surface area contributed by atoms with Crippen LogP contribution in [0.3, 0.4) is 0 Å². The van der Waals surface area contributed by atoms with E-state index in [9.17, 15) is 9.59 Å². The zero-order chi connectivity index (χ0) is 32.7. The zero-order valence-electron chi connectivity index (χ0n) is 26.7. The predicted octanol–water partition coefficient (Wildman–Crippen LogP) is 3.60. The number of esters is 2. The molecule has 1 aliphatic carbocycles. The van der Waals surface area contributed by atoms with Crippen LogP contribution in [0.15, 0.2) is 48.5 Å². The molecule has 0 aliphatic heterocycles. The Kier molecular flexibility index (Phi) is 18.9. The molecule has 0 bridgehead atoms. The van der Waals surface area contributed by atoms with E-state index in [1.807, 2.05) is 12.1 Å². The first-order chi connectivity index (χ1) is 22.6. The standard InChI is InChI=1S/C34H48O12/c1-38-18-19-40-20-21-41-24-25-44-30-10-12-32(13-11-30)46-34(37)29-6-4-28(5-7-29)33(36)45-31-8-2-27(3-9-31)14-16-39-22-23-43-26-42-17-15-35/h2-3,8-13,28-29,35H,4-7,14-26H2,1H3/t28-,29-. The van der Waals surface area contributed by atoms with Crippen LogP contribution < -0.4 is 14.2 Å².